The van der Waals surface area contributed by atoms with Crippen LogP contribution in [0.2, 0.25) is 0 Å². The predicted molar refractivity (Wildman–Crippen MR) is 107 cm³/mol. The molecule has 1 fully saturated rings. The molecule has 0 spiro atoms. The molecule has 2 amide bonds. The number of aromatic nitrogens is 2. The van der Waals surface area contributed by atoms with Gasteiger partial charge in [-0.05, 0) is 55.5 Å². The summed E-state index contributed by atoms with van der Waals surface area (Å²) in [5.74, 6) is 1.03. The van der Waals surface area contributed by atoms with Gasteiger partial charge in [0.2, 0.25) is 11.8 Å². The number of hydrogen-bond acceptors (Lipinski definition) is 6. The number of anilines is 2. The molecule has 4 rings (SSSR count). The third-order valence-corrected chi connectivity index (χ3v) is 4.81. The van der Waals surface area contributed by atoms with E-state index in [-0.39, 0.29) is 18.2 Å². The summed E-state index contributed by atoms with van der Waals surface area (Å²) in [4.78, 5) is 30.8. The number of carbonyl (C=O) groups is 2. The molecule has 1 N–H and O–H groups in total. The number of ether oxygens (including phenoxy) is 1. The minimum atomic E-state index is -0.414. The highest BCUT2D eigenvalue weighted by atomic mass is 16.5. The SMILES string of the molecule is COc1ccc(N2C[C@H](C(=O)Nc3ccc(-c4nc(C)no4)cc3)CC2=O)cc1. The highest BCUT2D eigenvalue weighted by Gasteiger charge is 2.35. The Balaban J connectivity index is 1.40. The van der Waals surface area contributed by atoms with Crippen LogP contribution in [0.1, 0.15) is 12.2 Å². The van der Waals surface area contributed by atoms with Crippen molar-refractivity contribution < 1.29 is 18.8 Å². The van der Waals surface area contributed by atoms with E-state index in [1.165, 1.54) is 0 Å². The Morgan fingerprint density at radius 3 is 2.52 bits per heavy atom. The molecule has 0 bridgehead atoms. The summed E-state index contributed by atoms with van der Waals surface area (Å²) < 4.78 is 10.3. The second-order valence-electron chi connectivity index (χ2n) is 6.82. The van der Waals surface area contributed by atoms with E-state index < -0.39 is 5.92 Å². The first-order chi connectivity index (χ1) is 14.0. The molecule has 1 aliphatic rings. The van der Waals surface area contributed by atoms with E-state index in [0.717, 1.165) is 11.3 Å². The molecule has 0 saturated carbocycles. The third-order valence-electron chi connectivity index (χ3n) is 4.81. The van der Waals surface area contributed by atoms with Gasteiger partial charge in [0, 0.05) is 29.9 Å². The molecule has 0 radical (unpaired) electrons. The zero-order valence-corrected chi connectivity index (χ0v) is 16.1. The van der Waals surface area contributed by atoms with Gasteiger partial charge in [0.1, 0.15) is 5.75 Å². The smallest absolute Gasteiger partial charge is 0.257 e. The third kappa shape index (κ3) is 3.96. The van der Waals surface area contributed by atoms with Crippen LogP contribution in [0.4, 0.5) is 11.4 Å². The molecule has 1 saturated heterocycles. The summed E-state index contributed by atoms with van der Waals surface area (Å²) in [6, 6.07) is 14.3. The van der Waals surface area contributed by atoms with Crippen molar-refractivity contribution in [1.82, 2.24) is 10.1 Å². The van der Waals surface area contributed by atoms with Crippen LogP contribution in [0, 0.1) is 12.8 Å². The van der Waals surface area contributed by atoms with Gasteiger partial charge in [-0.2, -0.15) is 4.98 Å². The van der Waals surface area contributed by atoms with Gasteiger partial charge in [0.15, 0.2) is 5.82 Å². The molecule has 8 heteroatoms. The maximum atomic E-state index is 12.6. The maximum Gasteiger partial charge on any atom is 0.257 e. The lowest BCUT2D eigenvalue weighted by Gasteiger charge is -2.17. The van der Waals surface area contributed by atoms with Crippen LogP contribution in [0.5, 0.6) is 5.75 Å². The van der Waals surface area contributed by atoms with Gasteiger partial charge < -0.3 is 19.5 Å². The van der Waals surface area contributed by atoms with Gasteiger partial charge in [0.05, 0.1) is 13.0 Å². The molecular weight excluding hydrogens is 372 g/mol. The number of nitrogens with zero attached hydrogens (tertiary/aromatic N) is 3. The van der Waals surface area contributed by atoms with E-state index in [1.54, 1.807) is 55.3 Å². The number of carbonyl (C=O) groups excluding carboxylic acids is 2. The Kier molecular flexibility index (Phi) is 4.99. The molecule has 2 aromatic carbocycles. The van der Waals surface area contributed by atoms with Gasteiger partial charge in [-0.25, -0.2) is 0 Å². The quantitative estimate of drug-likeness (QED) is 0.717. The first kappa shape index (κ1) is 18.7. The molecule has 1 aromatic heterocycles. The average molecular weight is 392 g/mol. The van der Waals surface area contributed by atoms with E-state index in [4.69, 9.17) is 9.26 Å². The van der Waals surface area contributed by atoms with Crippen molar-refractivity contribution in [2.45, 2.75) is 13.3 Å². The molecule has 2 heterocycles. The molecule has 8 nitrogen and oxygen atoms in total. The van der Waals surface area contributed by atoms with E-state index in [0.29, 0.717) is 29.7 Å². The fourth-order valence-corrected chi connectivity index (χ4v) is 3.25. The van der Waals surface area contributed by atoms with Gasteiger partial charge in [-0.3, -0.25) is 9.59 Å². The van der Waals surface area contributed by atoms with Crippen molar-refractivity contribution in [3.8, 4) is 17.2 Å². The Morgan fingerprint density at radius 2 is 1.90 bits per heavy atom. The summed E-state index contributed by atoms with van der Waals surface area (Å²) in [6.07, 6.45) is 0.178. The molecule has 3 aromatic rings. The summed E-state index contributed by atoms with van der Waals surface area (Å²) in [5, 5.41) is 6.64. The summed E-state index contributed by atoms with van der Waals surface area (Å²) >= 11 is 0. The van der Waals surface area contributed by atoms with Gasteiger partial charge in [-0.15, -0.1) is 0 Å². The lowest BCUT2D eigenvalue weighted by Crippen LogP contribution is -2.28. The lowest BCUT2D eigenvalue weighted by atomic mass is 10.1. The van der Waals surface area contributed by atoms with Gasteiger partial charge >= 0.3 is 0 Å². The van der Waals surface area contributed by atoms with Crippen LogP contribution in [0.3, 0.4) is 0 Å². The Labute approximate surface area is 167 Å². The largest absolute Gasteiger partial charge is 0.497 e. The van der Waals surface area contributed by atoms with Crippen molar-refractivity contribution >= 4 is 23.2 Å². The number of methoxy groups -OCH3 is 1. The zero-order chi connectivity index (χ0) is 20.4. The van der Waals surface area contributed by atoms with Gasteiger partial charge in [0.25, 0.3) is 5.89 Å². The van der Waals surface area contributed by atoms with Crippen LogP contribution >= 0.6 is 0 Å². The van der Waals surface area contributed by atoms with Gasteiger partial charge in [-0.1, -0.05) is 5.16 Å². The monoisotopic (exact) mass is 392 g/mol. The zero-order valence-electron chi connectivity index (χ0n) is 16.1. The molecule has 148 valence electrons. The van der Waals surface area contributed by atoms with Crippen molar-refractivity contribution in [2.75, 3.05) is 23.9 Å². The highest BCUT2D eigenvalue weighted by molar-refractivity contribution is 6.03. The minimum absolute atomic E-state index is 0.0718. The molecule has 1 aliphatic heterocycles. The Hall–Kier alpha value is -3.68. The van der Waals surface area contributed by atoms with E-state index in [9.17, 15) is 9.59 Å². The predicted octanol–water partition coefficient (Wildman–Crippen LogP) is 3.05. The number of hydrogen-bond donors (Lipinski definition) is 1. The molecular formula is C21H20N4O4. The average Bonchev–Trinajstić information content (AvgIpc) is 3.34. The first-order valence-electron chi connectivity index (χ1n) is 9.19. The molecule has 0 unspecified atom stereocenters. The van der Waals surface area contributed by atoms with Crippen LogP contribution in [0.25, 0.3) is 11.5 Å². The number of nitrogens with one attached hydrogen (secondary N) is 1. The second kappa shape index (κ2) is 7.75. The Bertz CT molecular complexity index is 1030. The van der Waals surface area contributed by atoms with Crippen molar-refractivity contribution in [1.29, 1.82) is 0 Å². The van der Waals surface area contributed by atoms with Crippen LogP contribution in [-0.2, 0) is 9.59 Å². The second-order valence-corrected chi connectivity index (χ2v) is 6.82. The number of aryl methyl sites for hydroxylation is 1. The van der Waals surface area contributed by atoms with E-state index in [2.05, 4.69) is 15.5 Å². The minimum Gasteiger partial charge on any atom is -0.497 e. The molecule has 0 aliphatic carbocycles. The van der Waals surface area contributed by atoms with Crippen LogP contribution < -0.4 is 15.0 Å². The normalized spacial score (nSPS) is 16.1. The standard InChI is InChI=1S/C21H20N4O4/c1-13-22-21(29-24-13)14-3-5-16(6-4-14)23-20(27)15-11-19(26)25(12-15)17-7-9-18(28-2)10-8-17/h3-10,15H,11-12H2,1-2H3,(H,23,27)/t15-/m1/s1. The van der Waals surface area contributed by atoms with Crippen LogP contribution in [0.15, 0.2) is 53.1 Å². The maximum absolute atomic E-state index is 12.6. The fraction of sp³-hybridized carbons (Fsp3) is 0.238. The number of rotatable bonds is 5. The summed E-state index contributed by atoms with van der Waals surface area (Å²) in [5.41, 5.74) is 2.17. The number of benzene rings is 2. The fourth-order valence-electron chi connectivity index (χ4n) is 3.25. The van der Waals surface area contributed by atoms with Crippen molar-refractivity contribution in [2.24, 2.45) is 5.92 Å². The first-order valence-corrected chi connectivity index (χ1v) is 9.19. The molecule has 1 atom stereocenters. The Morgan fingerprint density at radius 1 is 1.17 bits per heavy atom. The van der Waals surface area contributed by atoms with E-state index in [1.807, 2.05) is 12.1 Å². The van der Waals surface area contributed by atoms with Crippen molar-refractivity contribution in [3.05, 3.63) is 54.4 Å². The molecule has 29 heavy (non-hydrogen) atoms. The summed E-state index contributed by atoms with van der Waals surface area (Å²) in [7, 11) is 1.59. The summed E-state index contributed by atoms with van der Waals surface area (Å²) in [6.45, 7) is 2.09. The number of amides is 2. The lowest BCUT2D eigenvalue weighted by molar-refractivity contribution is -0.122. The topological polar surface area (TPSA) is 97.6 Å². The van der Waals surface area contributed by atoms with Crippen molar-refractivity contribution in [3.63, 3.8) is 0 Å². The highest BCUT2D eigenvalue weighted by Crippen LogP contribution is 2.28. The van der Waals surface area contributed by atoms with Crippen LogP contribution in [-0.4, -0.2) is 35.6 Å². The van der Waals surface area contributed by atoms with E-state index >= 15 is 0 Å².